The highest BCUT2D eigenvalue weighted by Crippen LogP contribution is 2.15. The molecule has 0 saturated carbocycles. The second kappa shape index (κ2) is 5.12. The van der Waals surface area contributed by atoms with Crippen molar-refractivity contribution < 1.29 is 17.5 Å². The quantitative estimate of drug-likeness (QED) is 0.513. The molecule has 0 fully saturated rings. The predicted octanol–water partition coefficient (Wildman–Crippen LogP) is 1.86. The number of hydrogen-bond acceptors (Lipinski definition) is 3. The summed E-state index contributed by atoms with van der Waals surface area (Å²) < 4.78 is 33.1. The van der Waals surface area contributed by atoms with Crippen LogP contribution < -0.4 is 4.57 Å². The van der Waals surface area contributed by atoms with Gasteiger partial charge in [-0.1, -0.05) is 23.5 Å². The number of nitrogens with zero attached hydrogens (tertiary/aromatic N) is 1. The fourth-order valence-electron chi connectivity index (χ4n) is 1.71. The Morgan fingerprint density at radius 3 is 2.76 bits per heavy atom. The second-order valence-corrected chi connectivity index (χ2v) is 6.34. The number of rotatable bonds is 5. The highest BCUT2D eigenvalue weighted by atomic mass is 32.2. The van der Waals surface area contributed by atoms with Gasteiger partial charge in [-0.2, -0.15) is 13.0 Å². The van der Waals surface area contributed by atoms with Crippen LogP contribution in [0.5, 0.6) is 0 Å². The monoisotopic (exact) mass is 272 g/mol. The minimum Gasteiger partial charge on any atom is -0.286 e. The van der Waals surface area contributed by atoms with E-state index in [0.29, 0.717) is 6.42 Å². The van der Waals surface area contributed by atoms with Crippen LogP contribution in [0.3, 0.4) is 0 Å². The number of hydrogen-bond donors (Lipinski definition) is 1. The van der Waals surface area contributed by atoms with E-state index in [2.05, 4.69) is 16.7 Å². The van der Waals surface area contributed by atoms with Gasteiger partial charge in [0, 0.05) is 12.5 Å². The number of benzene rings is 1. The Morgan fingerprint density at radius 2 is 2.00 bits per heavy atom. The maximum Gasteiger partial charge on any atom is 0.264 e. The molecule has 0 aliphatic heterocycles. The lowest BCUT2D eigenvalue weighted by atomic mass is 10.3. The SMILES string of the molecule is O=S(=O)(O)CCCC[n+]1csc2ccccc21. The fraction of sp³-hybridized carbons (Fsp3) is 0.364. The minimum atomic E-state index is -3.81. The summed E-state index contributed by atoms with van der Waals surface area (Å²) in [7, 11) is -3.81. The molecule has 1 heterocycles. The number of unbranched alkanes of at least 4 members (excludes halogenated alkanes) is 1. The van der Waals surface area contributed by atoms with Gasteiger partial charge in [-0.15, -0.1) is 0 Å². The number of thiazole rings is 1. The first-order valence-corrected chi connectivity index (χ1v) is 7.86. The first-order valence-electron chi connectivity index (χ1n) is 5.37. The lowest BCUT2D eigenvalue weighted by Crippen LogP contribution is -2.31. The molecule has 0 spiro atoms. The van der Waals surface area contributed by atoms with Crippen molar-refractivity contribution >= 4 is 31.7 Å². The zero-order valence-electron chi connectivity index (χ0n) is 9.24. The van der Waals surface area contributed by atoms with Crippen LogP contribution in [0.2, 0.25) is 0 Å². The number of aromatic nitrogens is 1. The summed E-state index contributed by atoms with van der Waals surface area (Å²) in [5, 5.41) is 0. The largest absolute Gasteiger partial charge is 0.286 e. The third-order valence-electron chi connectivity index (χ3n) is 2.53. The van der Waals surface area contributed by atoms with Crippen molar-refractivity contribution in [1.82, 2.24) is 0 Å². The van der Waals surface area contributed by atoms with Crippen molar-refractivity contribution in [2.75, 3.05) is 5.75 Å². The average Bonchev–Trinajstić information content (AvgIpc) is 2.67. The normalized spacial score (nSPS) is 12.1. The summed E-state index contributed by atoms with van der Waals surface area (Å²) in [6, 6.07) is 8.11. The molecule has 1 N–H and O–H groups in total. The molecule has 1 aromatic heterocycles. The predicted molar refractivity (Wildman–Crippen MR) is 67.7 cm³/mol. The smallest absolute Gasteiger partial charge is 0.264 e. The second-order valence-electron chi connectivity index (χ2n) is 3.88. The van der Waals surface area contributed by atoms with Crippen LogP contribution in [-0.4, -0.2) is 18.7 Å². The molecule has 0 aliphatic carbocycles. The minimum absolute atomic E-state index is 0.157. The van der Waals surface area contributed by atoms with Crippen LogP contribution >= 0.6 is 11.3 Å². The van der Waals surface area contributed by atoms with Gasteiger partial charge >= 0.3 is 0 Å². The van der Waals surface area contributed by atoms with Gasteiger partial charge in [0.2, 0.25) is 11.0 Å². The molecule has 4 nitrogen and oxygen atoms in total. The molecule has 2 rings (SSSR count). The third kappa shape index (κ3) is 3.49. The molecule has 17 heavy (non-hydrogen) atoms. The van der Waals surface area contributed by atoms with Gasteiger partial charge < -0.3 is 0 Å². The summed E-state index contributed by atoms with van der Waals surface area (Å²) in [6.45, 7) is 0.777. The Bertz CT molecular complexity index is 604. The van der Waals surface area contributed by atoms with Gasteiger partial charge in [0.15, 0.2) is 0 Å². The van der Waals surface area contributed by atoms with Crippen molar-refractivity contribution in [3.05, 3.63) is 29.8 Å². The van der Waals surface area contributed by atoms with E-state index in [1.165, 1.54) is 10.2 Å². The molecular formula is C11H14NO3S2+. The molecule has 0 atom stereocenters. The fourth-order valence-corrected chi connectivity index (χ4v) is 3.20. The Morgan fingerprint density at radius 1 is 1.24 bits per heavy atom. The number of aryl methyl sites for hydroxylation is 1. The van der Waals surface area contributed by atoms with Gasteiger partial charge in [-0.25, -0.2) is 0 Å². The van der Waals surface area contributed by atoms with Crippen molar-refractivity contribution in [2.45, 2.75) is 19.4 Å². The zero-order valence-corrected chi connectivity index (χ0v) is 10.9. The lowest BCUT2D eigenvalue weighted by Gasteiger charge is -1.96. The van der Waals surface area contributed by atoms with Crippen LogP contribution in [0.15, 0.2) is 29.8 Å². The average molecular weight is 272 g/mol. The van der Waals surface area contributed by atoms with E-state index in [4.69, 9.17) is 4.55 Å². The maximum atomic E-state index is 10.6. The van der Waals surface area contributed by atoms with Crippen LogP contribution in [0.1, 0.15) is 12.8 Å². The number of fused-ring (bicyclic) bond motifs is 1. The van der Waals surface area contributed by atoms with Gasteiger partial charge in [0.25, 0.3) is 10.1 Å². The summed E-state index contributed by atoms with van der Waals surface area (Å²) in [6.07, 6.45) is 1.22. The summed E-state index contributed by atoms with van der Waals surface area (Å²) in [5.41, 5.74) is 3.21. The molecule has 6 heteroatoms. The zero-order chi connectivity index (χ0) is 12.3. The van der Waals surface area contributed by atoms with Gasteiger partial charge in [-0.05, 0) is 12.5 Å². The highest BCUT2D eigenvalue weighted by molar-refractivity contribution is 7.85. The standard InChI is InChI=1S/C11H13NO3S2/c13-17(14,15)8-4-3-7-12-9-16-11-6-2-1-5-10(11)12/h1-2,5-6,9H,3-4,7-8H2/p+1. The Labute approximate surface area is 104 Å². The van der Waals surface area contributed by atoms with Crippen molar-refractivity contribution in [1.29, 1.82) is 0 Å². The van der Waals surface area contributed by atoms with E-state index in [1.54, 1.807) is 11.3 Å². The summed E-state index contributed by atoms with van der Waals surface area (Å²) in [4.78, 5) is 0. The third-order valence-corrected chi connectivity index (χ3v) is 4.30. The molecule has 2 aromatic rings. The maximum absolute atomic E-state index is 10.6. The first-order chi connectivity index (χ1) is 8.06. The Kier molecular flexibility index (Phi) is 3.76. The van der Waals surface area contributed by atoms with E-state index >= 15 is 0 Å². The van der Waals surface area contributed by atoms with Crippen LogP contribution in [-0.2, 0) is 16.7 Å². The molecule has 0 amide bonds. The summed E-state index contributed by atoms with van der Waals surface area (Å²) >= 11 is 1.67. The molecule has 0 aliphatic rings. The van der Waals surface area contributed by atoms with Crippen molar-refractivity contribution in [3.8, 4) is 0 Å². The van der Waals surface area contributed by atoms with E-state index < -0.39 is 10.1 Å². The topological polar surface area (TPSA) is 58.3 Å². The van der Waals surface area contributed by atoms with E-state index in [1.807, 2.05) is 17.6 Å². The van der Waals surface area contributed by atoms with Gasteiger partial charge in [0.05, 0.1) is 5.75 Å². The van der Waals surface area contributed by atoms with Crippen LogP contribution in [0.25, 0.3) is 10.2 Å². The molecule has 0 saturated heterocycles. The molecular weight excluding hydrogens is 258 g/mol. The Balaban J connectivity index is 1.96. The highest BCUT2D eigenvalue weighted by Gasteiger charge is 2.11. The van der Waals surface area contributed by atoms with E-state index in [-0.39, 0.29) is 5.75 Å². The molecule has 0 bridgehead atoms. The van der Waals surface area contributed by atoms with Crippen LogP contribution in [0.4, 0.5) is 0 Å². The Hall–Kier alpha value is -0.980. The molecule has 0 radical (unpaired) electrons. The molecule has 92 valence electrons. The van der Waals surface area contributed by atoms with E-state index in [0.717, 1.165) is 13.0 Å². The van der Waals surface area contributed by atoms with Crippen molar-refractivity contribution in [2.24, 2.45) is 0 Å². The van der Waals surface area contributed by atoms with Gasteiger partial charge in [-0.3, -0.25) is 4.55 Å². The first kappa shape index (κ1) is 12.5. The van der Waals surface area contributed by atoms with Gasteiger partial charge in [0.1, 0.15) is 11.2 Å². The molecule has 1 aromatic carbocycles. The van der Waals surface area contributed by atoms with Crippen LogP contribution in [0, 0.1) is 0 Å². The molecule has 0 unspecified atom stereocenters. The lowest BCUT2D eigenvalue weighted by molar-refractivity contribution is -0.667. The number of para-hydroxylation sites is 1. The van der Waals surface area contributed by atoms with Crippen molar-refractivity contribution in [3.63, 3.8) is 0 Å². The summed E-state index contributed by atoms with van der Waals surface area (Å²) in [5.74, 6) is -0.157. The van der Waals surface area contributed by atoms with E-state index in [9.17, 15) is 8.42 Å².